The monoisotopic (exact) mass is 418 g/mol. The quantitative estimate of drug-likeness (QED) is 0.689. The van der Waals surface area contributed by atoms with E-state index in [0.29, 0.717) is 4.99 Å². The number of aryl methyl sites for hydroxylation is 1. The van der Waals surface area contributed by atoms with Gasteiger partial charge in [-0.3, -0.25) is 4.79 Å². The van der Waals surface area contributed by atoms with Crippen LogP contribution in [-0.2, 0) is 4.79 Å². The zero-order valence-electron chi connectivity index (χ0n) is 11.2. The molecule has 0 spiro atoms. The van der Waals surface area contributed by atoms with E-state index in [9.17, 15) is 4.79 Å². The first-order chi connectivity index (χ1) is 9.49. The van der Waals surface area contributed by atoms with Crippen molar-refractivity contribution in [3.63, 3.8) is 0 Å². The molecule has 1 aromatic rings. The zero-order valence-corrected chi connectivity index (χ0v) is 15.2. The molecular formula is C14H16Br2N2OS. The molecule has 0 saturated carbocycles. The van der Waals surface area contributed by atoms with E-state index in [0.717, 1.165) is 46.1 Å². The summed E-state index contributed by atoms with van der Waals surface area (Å²) in [6.45, 7) is 3.75. The average Bonchev–Trinajstić information content (AvgIpc) is 2.42. The molecule has 108 valence electrons. The molecule has 0 aromatic heterocycles. The minimum Gasteiger partial charge on any atom is -0.358 e. The molecule has 1 aliphatic heterocycles. The van der Waals surface area contributed by atoms with Crippen LogP contribution < -0.4 is 5.32 Å². The van der Waals surface area contributed by atoms with Gasteiger partial charge in [0.25, 0.3) is 5.91 Å². The van der Waals surface area contributed by atoms with Gasteiger partial charge >= 0.3 is 0 Å². The summed E-state index contributed by atoms with van der Waals surface area (Å²) in [6, 6.07) is 3.93. The number of anilines is 1. The molecule has 1 heterocycles. The average molecular weight is 420 g/mol. The molecule has 2 rings (SSSR count). The van der Waals surface area contributed by atoms with Crippen LogP contribution in [0.3, 0.4) is 0 Å². The molecule has 0 unspecified atom stereocenters. The second-order valence-corrected chi connectivity index (χ2v) is 7.01. The highest BCUT2D eigenvalue weighted by atomic mass is 79.9. The maximum Gasteiger partial charge on any atom is 0.283 e. The van der Waals surface area contributed by atoms with Gasteiger partial charge in [0.1, 0.15) is 0 Å². The van der Waals surface area contributed by atoms with Crippen molar-refractivity contribution >= 4 is 60.7 Å². The van der Waals surface area contributed by atoms with E-state index in [1.165, 1.54) is 6.42 Å². The molecule has 0 radical (unpaired) electrons. The Morgan fingerprint density at radius 1 is 1.20 bits per heavy atom. The van der Waals surface area contributed by atoms with Gasteiger partial charge in [-0.15, -0.1) is 0 Å². The number of carbonyl (C=O) groups is 1. The Hall–Kier alpha value is -0.460. The lowest BCUT2D eigenvalue weighted by atomic mass is 10.1. The van der Waals surface area contributed by atoms with Crippen molar-refractivity contribution in [3.05, 3.63) is 26.6 Å². The van der Waals surface area contributed by atoms with Crippen molar-refractivity contribution in [1.29, 1.82) is 0 Å². The topological polar surface area (TPSA) is 32.3 Å². The summed E-state index contributed by atoms with van der Waals surface area (Å²) in [5, 5.41) is 2.89. The van der Waals surface area contributed by atoms with Crippen LogP contribution in [0.2, 0.25) is 0 Å². The third kappa shape index (κ3) is 3.80. The normalized spacial score (nSPS) is 15.1. The molecule has 6 heteroatoms. The van der Waals surface area contributed by atoms with Crippen molar-refractivity contribution in [3.8, 4) is 0 Å². The van der Waals surface area contributed by atoms with E-state index in [1.807, 2.05) is 24.0 Å². The van der Waals surface area contributed by atoms with Gasteiger partial charge in [-0.25, -0.2) is 0 Å². The van der Waals surface area contributed by atoms with Crippen molar-refractivity contribution in [2.45, 2.75) is 26.2 Å². The number of hydrogen-bond donors (Lipinski definition) is 1. The number of nitrogens with zero attached hydrogens (tertiary/aromatic N) is 1. The summed E-state index contributed by atoms with van der Waals surface area (Å²) in [7, 11) is 0. The molecule has 1 aromatic carbocycles. The number of thiocarbonyl (C=S) groups is 1. The van der Waals surface area contributed by atoms with E-state index in [4.69, 9.17) is 12.2 Å². The standard InChI is InChI=1S/C14H16Br2N2OS/c1-9-7-10(15)12(11(16)8-9)17-13(19)14(20)18-5-3-2-4-6-18/h7-8H,2-6H2,1H3,(H,17,19). The second kappa shape index (κ2) is 7.00. The van der Waals surface area contributed by atoms with Crippen molar-refractivity contribution in [2.24, 2.45) is 0 Å². The lowest BCUT2D eigenvalue weighted by Crippen LogP contribution is -2.41. The van der Waals surface area contributed by atoms with Crippen molar-refractivity contribution in [1.82, 2.24) is 4.90 Å². The van der Waals surface area contributed by atoms with Crippen LogP contribution in [0, 0.1) is 6.92 Å². The Morgan fingerprint density at radius 2 is 1.75 bits per heavy atom. The first-order valence-electron chi connectivity index (χ1n) is 6.55. The molecular weight excluding hydrogens is 404 g/mol. The number of nitrogens with one attached hydrogen (secondary N) is 1. The molecule has 1 amide bonds. The molecule has 1 N–H and O–H groups in total. The number of rotatable bonds is 1. The Bertz CT molecular complexity index is 519. The van der Waals surface area contributed by atoms with E-state index in [1.54, 1.807) is 0 Å². The predicted molar refractivity (Wildman–Crippen MR) is 93.2 cm³/mol. The SMILES string of the molecule is Cc1cc(Br)c(NC(=O)C(=S)N2CCCCC2)c(Br)c1. The van der Waals surface area contributed by atoms with Crippen LogP contribution in [-0.4, -0.2) is 28.9 Å². The molecule has 20 heavy (non-hydrogen) atoms. The van der Waals surface area contributed by atoms with Crippen LogP contribution in [0.5, 0.6) is 0 Å². The van der Waals surface area contributed by atoms with Crippen LogP contribution in [0.4, 0.5) is 5.69 Å². The predicted octanol–water partition coefficient (Wildman–Crippen LogP) is 4.27. The Balaban J connectivity index is 2.09. The second-order valence-electron chi connectivity index (χ2n) is 4.91. The van der Waals surface area contributed by atoms with E-state index in [-0.39, 0.29) is 5.91 Å². The number of piperidine rings is 1. The summed E-state index contributed by atoms with van der Waals surface area (Å²) in [4.78, 5) is 14.6. The summed E-state index contributed by atoms with van der Waals surface area (Å²) in [6.07, 6.45) is 3.42. The first kappa shape index (κ1) is 15.9. The number of benzene rings is 1. The van der Waals surface area contributed by atoms with Crippen molar-refractivity contribution < 1.29 is 4.79 Å². The smallest absolute Gasteiger partial charge is 0.283 e. The lowest BCUT2D eigenvalue weighted by molar-refractivity contribution is -0.110. The van der Waals surface area contributed by atoms with Crippen LogP contribution in [0.15, 0.2) is 21.1 Å². The molecule has 1 fully saturated rings. The number of hydrogen-bond acceptors (Lipinski definition) is 2. The zero-order chi connectivity index (χ0) is 14.7. The van der Waals surface area contributed by atoms with Gasteiger partial charge in [0, 0.05) is 22.0 Å². The summed E-state index contributed by atoms with van der Waals surface area (Å²) >= 11 is 12.2. The third-order valence-electron chi connectivity index (χ3n) is 3.26. The highest BCUT2D eigenvalue weighted by Gasteiger charge is 2.20. The number of likely N-dealkylation sites (tertiary alicyclic amines) is 1. The highest BCUT2D eigenvalue weighted by molar-refractivity contribution is 9.11. The first-order valence-corrected chi connectivity index (χ1v) is 8.54. The molecule has 0 atom stereocenters. The fourth-order valence-corrected chi connectivity index (χ4v) is 4.07. The molecule has 0 bridgehead atoms. The molecule has 3 nitrogen and oxygen atoms in total. The third-order valence-corrected chi connectivity index (χ3v) is 4.96. The molecule has 1 aliphatic rings. The number of carbonyl (C=O) groups excluding carboxylic acids is 1. The fourth-order valence-electron chi connectivity index (χ4n) is 2.23. The van der Waals surface area contributed by atoms with Crippen LogP contribution >= 0.6 is 44.1 Å². The van der Waals surface area contributed by atoms with E-state index < -0.39 is 0 Å². The number of amides is 1. The van der Waals surface area contributed by atoms with E-state index >= 15 is 0 Å². The van der Waals surface area contributed by atoms with Crippen LogP contribution in [0.25, 0.3) is 0 Å². The maximum atomic E-state index is 12.3. The summed E-state index contributed by atoms with van der Waals surface area (Å²) in [5.74, 6) is -0.216. The minimum absolute atomic E-state index is 0.216. The lowest BCUT2D eigenvalue weighted by Gasteiger charge is -2.28. The largest absolute Gasteiger partial charge is 0.358 e. The maximum absolute atomic E-state index is 12.3. The summed E-state index contributed by atoms with van der Waals surface area (Å²) < 4.78 is 1.69. The van der Waals surface area contributed by atoms with Crippen molar-refractivity contribution in [2.75, 3.05) is 18.4 Å². The van der Waals surface area contributed by atoms with Gasteiger partial charge in [-0.2, -0.15) is 0 Å². The fraction of sp³-hybridized carbons (Fsp3) is 0.429. The van der Waals surface area contributed by atoms with Crippen LogP contribution in [0.1, 0.15) is 24.8 Å². The Kier molecular flexibility index (Phi) is 5.57. The van der Waals surface area contributed by atoms with Gasteiger partial charge in [-0.1, -0.05) is 12.2 Å². The van der Waals surface area contributed by atoms with Gasteiger partial charge in [-0.05, 0) is 75.7 Å². The van der Waals surface area contributed by atoms with Gasteiger partial charge in [0.05, 0.1) is 5.69 Å². The van der Waals surface area contributed by atoms with Gasteiger partial charge in [0.15, 0.2) is 4.99 Å². The number of halogens is 2. The van der Waals surface area contributed by atoms with Gasteiger partial charge < -0.3 is 10.2 Å². The Morgan fingerprint density at radius 3 is 2.30 bits per heavy atom. The molecule has 1 saturated heterocycles. The summed E-state index contributed by atoms with van der Waals surface area (Å²) in [5.41, 5.74) is 1.83. The highest BCUT2D eigenvalue weighted by Crippen LogP contribution is 2.32. The Labute approximate surface area is 141 Å². The molecule has 0 aliphatic carbocycles. The van der Waals surface area contributed by atoms with E-state index in [2.05, 4.69) is 37.2 Å². The van der Waals surface area contributed by atoms with Gasteiger partial charge in [0.2, 0.25) is 0 Å². The minimum atomic E-state index is -0.216.